The van der Waals surface area contributed by atoms with E-state index in [2.05, 4.69) is 4.90 Å². The molecule has 0 aromatic rings. The standard InChI is InChI=1S/C13H25NO2/c15-10-2-5-12-4-1-8-14(12)9-7-13-6-3-11-16-13/h12-13,15H,1-11H2. The molecule has 3 heteroatoms. The van der Waals surface area contributed by atoms with Crippen LogP contribution in [0.25, 0.3) is 0 Å². The van der Waals surface area contributed by atoms with Crippen LogP contribution < -0.4 is 0 Å². The van der Waals surface area contributed by atoms with Gasteiger partial charge in [-0.25, -0.2) is 0 Å². The van der Waals surface area contributed by atoms with Gasteiger partial charge >= 0.3 is 0 Å². The highest BCUT2D eigenvalue weighted by atomic mass is 16.5. The van der Waals surface area contributed by atoms with Gasteiger partial charge in [0.1, 0.15) is 0 Å². The van der Waals surface area contributed by atoms with Crippen molar-refractivity contribution in [2.45, 2.75) is 57.1 Å². The number of nitrogens with zero attached hydrogens (tertiary/aromatic N) is 1. The van der Waals surface area contributed by atoms with Crippen LogP contribution in [0.4, 0.5) is 0 Å². The summed E-state index contributed by atoms with van der Waals surface area (Å²) in [5.74, 6) is 0. The van der Waals surface area contributed by atoms with Crippen LogP contribution in [0, 0.1) is 0 Å². The Morgan fingerprint density at radius 2 is 2.12 bits per heavy atom. The lowest BCUT2D eigenvalue weighted by molar-refractivity contribution is 0.0889. The summed E-state index contributed by atoms with van der Waals surface area (Å²) in [4.78, 5) is 2.61. The Kier molecular flexibility index (Phi) is 5.07. The molecule has 0 aromatic heterocycles. The second kappa shape index (κ2) is 6.58. The quantitative estimate of drug-likeness (QED) is 0.751. The van der Waals surface area contributed by atoms with E-state index in [-0.39, 0.29) is 0 Å². The summed E-state index contributed by atoms with van der Waals surface area (Å²) in [6.45, 7) is 3.76. The van der Waals surface area contributed by atoms with Gasteiger partial charge in [-0.2, -0.15) is 0 Å². The molecular formula is C13H25NO2. The second-order valence-electron chi connectivity index (χ2n) is 5.12. The van der Waals surface area contributed by atoms with Crippen LogP contribution in [0.5, 0.6) is 0 Å². The first-order chi connectivity index (χ1) is 7.90. The largest absolute Gasteiger partial charge is 0.396 e. The number of aliphatic hydroxyl groups excluding tert-OH is 1. The third-order valence-corrected chi connectivity index (χ3v) is 3.96. The number of likely N-dealkylation sites (tertiary alicyclic amines) is 1. The molecule has 16 heavy (non-hydrogen) atoms. The first-order valence-corrected chi connectivity index (χ1v) is 6.86. The Bertz CT molecular complexity index is 192. The fourth-order valence-corrected chi connectivity index (χ4v) is 3.03. The molecule has 2 rings (SSSR count). The number of hydrogen-bond donors (Lipinski definition) is 1. The van der Waals surface area contributed by atoms with Crippen molar-refractivity contribution in [3.05, 3.63) is 0 Å². The lowest BCUT2D eigenvalue weighted by atomic mass is 10.1. The predicted octanol–water partition coefficient (Wildman–Crippen LogP) is 1.79. The summed E-state index contributed by atoms with van der Waals surface area (Å²) in [6, 6.07) is 0.730. The van der Waals surface area contributed by atoms with Crippen molar-refractivity contribution in [1.82, 2.24) is 4.90 Å². The number of ether oxygens (including phenoxy) is 1. The first-order valence-electron chi connectivity index (χ1n) is 6.86. The number of aliphatic hydroxyl groups is 1. The molecule has 2 atom stereocenters. The highest BCUT2D eigenvalue weighted by Gasteiger charge is 2.25. The van der Waals surface area contributed by atoms with E-state index in [0.717, 1.165) is 19.1 Å². The van der Waals surface area contributed by atoms with Gasteiger partial charge in [0.05, 0.1) is 6.10 Å². The van der Waals surface area contributed by atoms with Crippen LogP contribution in [0.2, 0.25) is 0 Å². The molecule has 0 radical (unpaired) electrons. The Morgan fingerprint density at radius 1 is 1.19 bits per heavy atom. The third-order valence-electron chi connectivity index (χ3n) is 3.96. The van der Waals surface area contributed by atoms with Gasteiger partial charge in [0.25, 0.3) is 0 Å². The monoisotopic (exact) mass is 227 g/mol. The fraction of sp³-hybridized carbons (Fsp3) is 1.00. The van der Waals surface area contributed by atoms with E-state index >= 15 is 0 Å². The van der Waals surface area contributed by atoms with Crippen LogP contribution in [0.15, 0.2) is 0 Å². The van der Waals surface area contributed by atoms with Gasteiger partial charge in [0.15, 0.2) is 0 Å². The molecule has 3 nitrogen and oxygen atoms in total. The van der Waals surface area contributed by atoms with E-state index < -0.39 is 0 Å². The maximum absolute atomic E-state index is 8.88. The average Bonchev–Trinajstić information content (AvgIpc) is 2.94. The summed E-state index contributed by atoms with van der Waals surface area (Å²) >= 11 is 0. The van der Waals surface area contributed by atoms with Crippen LogP contribution in [0.3, 0.4) is 0 Å². The average molecular weight is 227 g/mol. The van der Waals surface area contributed by atoms with Crippen molar-refractivity contribution in [3.63, 3.8) is 0 Å². The molecule has 2 aliphatic rings. The van der Waals surface area contributed by atoms with Crippen LogP contribution >= 0.6 is 0 Å². The zero-order chi connectivity index (χ0) is 11.2. The van der Waals surface area contributed by atoms with Gasteiger partial charge in [-0.15, -0.1) is 0 Å². The summed E-state index contributed by atoms with van der Waals surface area (Å²) in [5, 5.41) is 8.88. The van der Waals surface area contributed by atoms with Crippen LogP contribution in [0.1, 0.15) is 44.9 Å². The first kappa shape index (κ1) is 12.3. The van der Waals surface area contributed by atoms with Crippen molar-refractivity contribution in [1.29, 1.82) is 0 Å². The van der Waals surface area contributed by atoms with Crippen LogP contribution in [-0.4, -0.2) is 48.5 Å². The van der Waals surface area contributed by atoms with E-state index in [1.54, 1.807) is 0 Å². The Morgan fingerprint density at radius 3 is 2.88 bits per heavy atom. The molecule has 0 aromatic carbocycles. The van der Waals surface area contributed by atoms with Gasteiger partial charge in [-0.05, 0) is 51.5 Å². The summed E-state index contributed by atoms with van der Waals surface area (Å²) in [5.41, 5.74) is 0. The second-order valence-corrected chi connectivity index (χ2v) is 5.12. The minimum absolute atomic E-state index is 0.343. The lowest BCUT2D eigenvalue weighted by Crippen LogP contribution is -2.32. The Balaban J connectivity index is 1.66. The highest BCUT2D eigenvalue weighted by molar-refractivity contribution is 4.80. The fourth-order valence-electron chi connectivity index (χ4n) is 3.03. The molecule has 2 unspecified atom stereocenters. The van der Waals surface area contributed by atoms with Crippen molar-refractivity contribution in [2.24, 2.45) is 0 Å². The van der Waals surface area contributed by atoms with Gasteiger partial charge in [-0.1, -0.05) is 0 Å². The lowest BCUT2D eigenvalue weighted by Gasteiger charge is -2.25. The molecule has 0 spiro atoms. The smallest absolute Gasteiger partial charge is 0.0588 e. The molecule has 94 valence electrons. The Labute approximate surface area is 98.8 Å². The molecule has 0 amide bonds. The summed E-state index contributed by atoms with van der Waals surface area (Å²) in [7, 11) is 0. The van der Waals surface area contributed by atoms with Gasteiger partial charge in [-0.3, -0.25) is 0 Å². The molecule has 2 fully saturated rings. The van der Waals surface area contributed by atoms with E-state index in [1.165, 1.54) is 51.6 Å². The van der Waals surface area contributed by atoms with Crippen molar-refractivity contribution in [2.75, 3.05) is 26.3 Å². The van der Waals surface area contributed by atoms with Gasteiger partial charge in [0.2, 0.25) is 0 Å². The molecule has 0 aliphatic carbocycles. The van der Waals surface area contributed by atoms with E-state index in [4.69, 9.17) is 9.84 Å². The highest BCUT2D eigenvalue weighted by Crippen LogP contribution is 2.23. The number of hydrogen-bond acceptors (Lipinski definition) is 3. The maximum atomic E-state index is 8.88. The molecule has 0 saturated carbocycles. The van der Waals surface area contributed by atoms with Crippen molar-refractivity contribution in [3.8, 4) is 0 Å². The topological polar surface area (TPSA) is 32.7 Å². The molecule has 2 heterocycles. The normalized spacial score (nSPS) is 31.3. The molecular weight excluding hydrogens is 202 g/mol. The zero-order valence-corrected chi connectivity index (χ0v) is 10.2. The zero-order valence-electron chi connectivity index (χ0n) is 10.2. The SMILES string of the molecule is OCCCC1CCCN1CCC1CCCO1. The van der Waals surface area contributed by atoms with Crippen molar-refractivity contribution < 1.29 is 9.84 Å². The van der Waals surface area contributed by atoms with E-state index in [1.807, 2.05) is 0 Å². The minimum atomic E-state index is 0.343. The predicted molar refractivity (Wildman–Crippen MR) is 64.5 cm³/mol. The molecule has 1 N–H and O–H groups in total. The molecule has 2 aliphatic heterocycles. The minimum Gasteiger partial charge on any atom is -0.396 e. The maximum Gasteiger partial charge on any atom is 0.0588 e. The number of rotatable bonds is 6. The van der Waals surface area contributed by atoms with E-state index in [9.17, 15) is 0 Å². The molecule has 0 bridgehead atoms. The van der Waals surface area contributed by atoms with Crippen molar-refractivity contribution >= 4 is 0 Å². The van der Waals surface area contributed by atoms with Gasteiger partial charge in [0, 0.05) is 25.8 Å². The summed E-state index contributed by atoms with van der Waals surface area (Å²) in [6.07, 6.45) is 9.03. The third kappa shape index (κ3) is 3.44. The van der Waals surface area contributed by atoms with Gasteiger partial charge < -0.3 is 14.7 Å². The van der Waals surface area contributed by atoms with Crippen LogP contribution in [-0.2, 0) is 4.74 Å². The summed E-state index contributed by atoms with van der Waals surface area (Å²) < 4.78 is 5.66. The van der Waals surface area contributed by atoms with E-state index in [0.29, 0.717) is 12.7 Å². The molecule has 2 saturated heterocycles. The Hall–Kier alpha value is -0.120.